The molecule has 0 radical (unpaired) electrons. The number of rotatable bonds is 4. The molecule has 1 heterocycles. The zero-order valence-electron chi connectivity index (χ0n) is 17.5. The van der Waals surface area contributed by atoms with Crippen molar-refractivity contribution < 1.29 is 14.3 Å². The lowest BCUT2D eigenvalue weighted by Gasteiger charge is -2.20. The number of fused-ring (bicyclic) bond motifs is 1. The van der Waals surface area contributed by atoms with E-state index in [9.17, 15) is 9.59 Å². The monoisotopic (exact) mass is 475 g/mol. The van der Waals surface area contributed by atoms with Crippen molar-refractivity contribution in [3.05, 3.63) is 57.9 Å². The first-order chi connectivity index (χ1) is 14.6. The van der Waals surface area contributed by atoms with Crippen LogP contribution in [0, 0.1) is 0 Å². The van der Waals surface area contributed by atoms with Crippen molar-refractivity contribution in [1.82, 2.24) is 10.6 Å². The highest BCUT2D eigenvalue weighted by Crippen LogP contribution is 2.37. The number of carbonyl (C=O) groups excluding carboxylic acids is 2. The molecule has 2 aromatic carbocycles. The molecule has 0 spiro atoms. The van der Waals surface area contributed by atoms with Gasteiger partial charge in [0, 0.05) is 26.9 Å². The lowest BCUT2D eigenvalue weighted by Crippen LogP contribution is -2.40. The summed E-state index contributed by atoms with van der Waals surface area (Å²) in [6.45, 7) is 5.73. The van der Waals surface area contributed by atoms with Crippen molar-refractivity contribution in [2.45, 2.75) is 26.3 Å². The number of thiocarbonyl (C=S) groups is 1. The van der Waals surface area contributed by atoms with E-state index in [1.165, 1.54) is 11.3 Å². The molecule has 0 bridgehead atoms. The Bertz CT molecular complexity index is 1170. The van der Waals surface area contributed by atoms with Crippen LogP contribution in [0.2, 0.25) is 5.02 Å². The molecule has 9 heteroatoms. The number of nitrogens with one attached hydrogen (secondary N) is 3. The highest BCUT2D eigenvalue weighted by molar-refractivity contribution is 7.80. The molecule has 1 aromatic heterocycles. The Hall–Kier alpha value is -2.68. The molecule has 2 amide bonds. The van der Waals surface area contributed by atoms with Crippen LogP contribution in [0.4, 0.5) is 5.69 Å². The summed E-state index contributed by atoms with van der Waals surface area (Å²) in [5, 5.41) is 9.71. The standard InChI is InChI=1S/C22H22ClN3O3S2/c1-22(2,3)26-19(27)12-6-5-7-13(10-12)24-21(30)25-20(28)18-17(23)15-9-8-14(29-4)11-16(15)31-18/h5-11H,1-4H3,(H,26,27)(H2,24,25,28,30). The molecule has 6 nitrogen and oxygen atoms in total. The molecule has 0 aliphatic rings. The topological polar surface area (TPSA) is 79.5 Å². The minimum absolute atomic E-state index is 0.101. The highest BCUT2D eigenvalue weighted by Gasteiger charge is 2.19. The predicted octanol–water partition coefficient (Wildman–Crippen LogP) is 5.22. The van der Waals surface area contributed by atoms with E-state index in [0.29, 0.717) is 26.9 Å². The Morgan fingerprint density at radius 2 is 1.84 bits per heavy atom. The number of halogens is 1. The van der Waals surface area contributed by atoms with E-state index >= 15 is 0 Å². The van der Waals surface area contributed by atoms with Crippen molar-refractivity contribution in [3.63, 3.8) is 0 Å². The first kappa shape index (κ1) is 23.0. The zero-order chi connectivity index (χ0) is 22.8. The summed E-state index contributed by atoms with van der Waals surface area (Å²) in [4.78, 5) is 25.4. The van der Waals surface area contributed by atoms with Gasteiger partial charge in [0.05, 0.1) is 12.1 Å². The van der Waals surface area contributed by atoms with Crippen molar-refractivity contribution >= 4 is 67.9 Å². The number of hydrogen-bond donors (Lipinski definition) is 3. The molecule has 0 saturated heterocycles. The van der Waals surface area contributed by atoms with Crippen LogP contribution in [0.1, 0.15) is 40.8 Å². The second kappa shape index (κ2) is 9.21. The fraction of sp³-hybridized carbons (Fsp3) is 0.227. The Kier molecular flexibility index (Phi) is 6.83. The van der Waals surface area contributed by atoms with Crippen molar-refractivity contribution in [3.8, 4) is 5.75 Å². The van der Waals surface area contributed by atoms with Crippen molar-refractivity contribution in [2.75, 3.05) is 12.4 Å². The molecule has 3 aromatic rings. The van der Waals surface area contributed by atoms with Gasteiger partial charge in [-0.1, -0.05) is 17.7 Å². The number of amides is 2. The van der Waals surface area contributed by atoms with Gasteiger partial charge in [-0.25, -0.2) is 0 Å². The van der Waals surface area contributed by atoms with Crippen molar-refractivity contribution in [2.24, 2.45) is 0 Å². The van der Waals surface area contributed by atoms with Gasteiger partial charge >= 0.3 is 0 Å². The molecular formula is C22H22ClN3O3S2. The molecule has 0 aliphatic heterocycles. The normalized spacial score (nSPS) is 11.1. The number of ether oxygens (including phenoxy) is 1. The second-order valence-corrected chi connectivity index (χ2v) is 9.64. The summed E-state index contributed by atoms with van der Waals surface area (Å²) in [5.41, 5.74) is 0.715. The van der Waals surface area contributed by atoms with Crippen LogP contribution in [-0.2, 0) is 0 Å². The van der Waals surface area contributed by atoms with Gasteiger partial charge in [-0.3, -0.25) is 14.9 Å². The van der Waals surface area contributed by atoms with Gasteiger partial charge in [-0.15, -0.1) is 11.3 Å². The van der Waals surface area contributed by atoms with Gasteiger partial charge in [-0.05, 0) is 69.4 Å². The van der Waals surface area contributed by atoms with E-state index in [-0.39, 0.29) is 16.6 Å². The summed E-state index contributed by atoms with van der Waals surface area (Å²) in [6, 6.07) is 12.3. The van der Waals surface area contributed by atoms with Gasteiger partial charge in [-0.2, -0.15) is 0 Å². The van der Waals surface area contributed by atoms with Gasteiger partial charge in [0.1, 0.15) is 10.6 Å². The van der Waals surface area contributed by atoms with E-state index in [4.69, 9.17) is 28.6 Å². The van der Waals surface area contributed by atoms with E-state index in [1.54, 1.807) is 37.4 Å². The molecule has 0 atom stereocenters. The third-order valence-electron chi connectivity index (χ3n) is 4.14. The SMILES string of the molecule is COc1ccc2c(Cl)c(C(=O)NC(=S)Nc3cccc(C(=O)NC(C)(C)C)c3)sc2c1. The van der Waals surface area contributed by atoms with Gasteiger partial charge < -0.3 is 15.4 Å². The number of anilines is 1. The van der Waals surface area contributed by atoms with Crippen LogP contribution >= 0.6 is 35.2 Å². The highest BCUT2D eigenvalue weighted by atomic mass is 35.5. The summed E-state index contributed by atoms with van der Waals surface area (Å²) >= 11 is 12.9. The Balaban J connectivity index is 1.70. The lowest BCUT2D eigenvalue weighted by molar-refractivity contribution is 0.0918. The number of hydrogen-bond acceptors (Lipinski definition) is 5. The van der Waals surface area contributed by atoms with Crippen LogP contribution in [0.3, 0.4) is 0 Å². The fourth-order valence-corrected chi connectivity index (χ4v) is 4.44. The average molecular weight is 476 g/mol. The number of benzene rings is 2. The Morgan fingerprint density at radius 1 is 1.10 bits per heavy atom. The van der Waals surface area contributed by atoms with Gasteiger partial charge in [0.25, 0.3) is 11.8 Å². The molecule has 0 saturated carbocycles. The molecular weight excluding hydrogens is 454 g/mol. The quantitative estimate of drug-likeness (QED) is 0.451. The molecule has 31 heavy (non-hydrogen) atoms. The summed E-state index contributed by atoms with van der Waals surface area (Å²) < 4.78 is 6.06. The molecule has 0 aliphatic carbocycles. The first-order valence-corrected chi connectivity index (χ1v) is 11.0. The van der Waals surface area contributed by atoms with E-state index in [2.05, 4.69) is 16.0 Å². The molecule has 0 unspecified atom stereocenters. The maximum atomic E-state index is 12.7. The van der Waals surface area contributed by atoms with E-state index in [1.807, 2.05) is 32.9 Å². The van der Waals surface area contributed by atoms with Crippen LogP contribution < -0.4 is 20.7 Å². The third-order valence-corrected chi connectivity index (χ3v) is 6.00. The van der Waals surface area contributed by atoms with Crippen LogP contribution in [-0.4, -0.2) is 29.6 Å². The molecule has 0 fully saturated rings. The smallest absolute Gasteiger partial charge is 0.269 e. The summed E-state index contributed by atoms with van der Waals surface area (Å²) in [6.07, 6.45) is 0. The van der Waals surface area contributed by atoms with E-state index in [0.717, 1.165) is 10.1 Å². The summed E-state index contributed by atoms with van der Waals surface area (Å²) in [5.74, 6) is 0.0767. The number of carbonyl (C=O) groups is 2. The van der Waals surface area contributed by atoms with E-state index < -0.39 is 5.91 Å². The van der Waals surface area contributed by atoms with Gasteiger partial charge in [0.15, 0.2) is 5.11 Å². The van der Waals surface area contributed by atoms with Gasteiger partial charge in [0.2, 0.25) is 0 Å². The maximum Gasteiger partial charge on any atom is 0.269 e. The first-order valence-electron chi connectivity index (χ1n) is 9.38. The lowest BCUT2D eigenvalue weighted by atomic mass is 10.1. The Morgan fingerprint density at radius 3 is 2.52 bits per heavy atom. The van der Waals surface area contributed by atoms with Crippen LogP contribution in [0.25, 0.3) is 10.1 Å². The predicted molar refractivity (Wildman–Crippen MR) is 131 cm³/mol. The largest absolute Gasteiger partial charge is 0.497 e. The molecule has 162 valence electrons. The molecule has 3 rings (SSSR count). The second-order valence-electron chi connectivity index (χ2n) is 7.80. The fourth-order valence-electron chi connectivity index (χ4n) is 2.79. The van der Waals surface area contributed by atoms with Crippen LogP contribution in [0.5, 0.6) is 5.75 Å². The molecule has 3 N–H and O–H groups in total. The number of thiophene rings is 1. The Labute approximate surface area is 194 Å². The minimum atomic E-state index is -0.413. The average Bonchev–Trinajstić information content (AvgIpc) is 3.02. The van der Waals surface area contributed by atoms with Crippen LogP contribution in [0.15, 0.2) is 42.5 Å². The van der Waals surface area contributed by atoms with Crippen molar-refractivity contribution in [1.29, 1.82) is 0 Å². The minimum Gasteiger partial charge on any atom is -0.497 e. The third kappa shape index (κ3) is 5.72. The maximum absolute atomic E-state index is 12.7. The number of methoxy groups -OCH3 is 1. The summed E-state index contributed by atoms with van der Waals surface area (Å²) in [7, 11) is 1.58. The zero-order valence-corrected chi connectivity index (χ0v) is 19.8.